The normalized spacial score (nSPS) is 14.3. The van der Waals surface area contributed by atoms with Gasteiger partial charge < -0.3 is 5.32 Å². The standard InChI is InChI=1S/C16H20BrNS/c1-3-7-15(13-8-5-4-6-9-13)18-12(2)16-14(17)10-11-19-16/h4-6,8-12,15,18H,3,7H2,1-2H3. The third-order valence-electron chi connectivity index (χ3n) is 3.27. The molecule has 2 atom stereocenters. The second kappa shape index (κ2) is 7.22. The van der Waals surface area contributed by atoms with Crippen molar-refractivity contribution in [3.63, 3.8) is 0 Å². The Hall–Kier alpha value is -0.640. The molecule has 0 fully saturated rings. The fraction of sp³-hybridized carbons (Fsp3) is 0.375. The molecule has 2 unspecified atom stereocenters. The number of rotatable bonds is 6. The summed E-state index contributed by atoms with van der Waals surface area (Å²) in [7, 11) is 0. The van der Waals surface area contributed by atoms with Gasteiger partial charge in [0.2, 0.25) is 0 Å². The average Bonchev–Trinajstić information content (AvgIpc) is 2.85. The van der Waals surface area contributed by atoms with Crippen molar-refractivity contribution >= 4 is 27.3 Å². The van der Waals surface area contributed by atoms with Crippen molar-refractivity contribution in [2.75, 3.05) is 0 Å². The molecule has 1 aromatic heterocycles. The Morgan fingerprint density at radius 2 is 1.95 bits per heavy atom. The van der Waals surface area contributed by atoms with Crippen molar-refractivity contribution in [1.29, 1.82) is 0 Å². The van der Waals surface area contributed by atoms with Crippen molar-refractivity contribution in [2.45, 2.75) is 38.8 Å². The molecule has 19 heavy (non-hydrogen) atoms. The first-order valence-corrected chi connectivity index (χ1v) is 8.43. The average molecular weight is 338 g/mol. The molecule has 1 N–H and O–H groups in total. The van der Waals surface area contributed by atoms with E-state index in [1.165, 1.54) is 21.3 Å². The van der Waals surface area contributed by atoms with Crippen LogP contribution < -0.4 is 5.32 Å². The summed E-state index contributed by atoms with van der Waals surface area (Å²) in [6, 6.07) is 13.6. The van der Waals surface area contributed by atoms with E-state index in [1.807, 2.05) is 0 Å². The first kappa shape index (κ1) is 14.8. The lowest BCUT2D eigenvalue weighted by Gasteiger charge is -2.23. The van der Waals surface area contributed by atoms with E-state index in [2.05, 4.69) is 76.9 Å². The molecule has 3 heteroatoms. The van der Waals surface area contributed by atoms with Crippen molar-refractivity contribution in [3.05, 3.63) is 56.7 Å². The minimum absolute atomic E-state index is 0.367. The number of benzene rings is 1. The van der Waals surface area contributed by atoms with Crippen LogP contribution in [0.4, 0.5) is 0 Å². The lowest BCUT2D eigenvalue weighted by Crippen LogP contribution is -2.24. The van der Waals surface area contributed by atoms with E-state index in [-0.39, 0.29) is 0 Å². The van der Waals surface area contributed by atoms with Gasteiger partial charge in [0.1, 0.15) is 0 Å². The number of thiophene rings is 1. The molecular weight excluding hydrogens is 318 g/mol. The van der Waals surface area contributed by atoms with Crippen LogP contribution in [0.25, 0.3) is 0 Å². The highest BCUT2D eigenvalue weighted by atomic mass is 79.9. The molecular formula is C16H20BrNS. The van der Waals surface area contributed by atoms with Gasteiger partial charge in [-0.25, -0.2) is 0 Å². The topological polar surface area (TPSA) is 12.0 Å². The van der Waals surface area contributed by atoms with Crippen molar-refractivity contribution < 1.29 is 0 Å². The number of nitrogens with one attached hydrogen (secondary N) is 1. The summed E-state index contributed by atoms with van der Waals surface area (Å²) in [5, 5.41) is 5.89. The third-order valence-corrected chi connectivity index (χ3v) is 5.32. The van der Waals surface area contributed by atoms with Crippen LogP contribution in [0.2, 0.25) is 0 Å². The molecule has 1 nitrogen and oxygen atoms in total. The van der Waals surface area contributed by atoms with Crippen molar-refractivity contribution in [1.82, 2.24) is 5.32 Å². The fourth-order valence-corrected chi connectivity index (χ4v) is 4.05. The maximum absolute atomic E-state index is 3.76. The smallest absolute Gasteiger partial charge is 0.0402 e. The second-order valence-corrected chi connectivity index (χ2v) is 6.58. The molecule has 0 radical (unpaired) electrons. The van der Waals surface area contributed by atoms with Gasteiger partial charge in [0.05, 0.1) is 0 Å². The lowest BCUT2D eigenvalue weighted by molar-refractivity contribution is 0.442. The van der Waals surface area contributed by atoms with Crippen LogP contribution in [-0.4, -0.2) is 0 Å². The SMILES string of the molecule is CCCC(NC(C)c1sccc1Br)c1ccccc1. The number of halogens is 1. The quantitative estimate of drug-likeness (QED) is 0.712. The Morgan fingerprint density at radius 3 is 2.53 bits per heavy atom. The summed E-state index contributed by atoms with van der Waals surface area (Å²) in [6.07, 6.45) is 2.35. The van der Waals surface area contributed by atoms with E-state index in [4.69, 9.17) is 0 Å². The summed E-state index contributed by atoms with van der Waals surface area (Å²) in [4.78, 5) is 1.37. The molecule has 0 amide bonds. The van der Waals surface area contributed by atoms with E-state index in [1.54, 1.807) is 11.3 Å². The van der Waals surface area contributed by atoms with Gasteiger partial charge in [-0.15, -0.1) is 11.3 Å². The minimum atomic E-state index is 0.367. The van der Waals surface area contributed by atoms with Crippen molar-refractivity contribution in [2.24, 2.45) is 0 Å². The summed E-state index contributed by atoms with van der Waals surface area (Å²) < 4.78 is 1.21. The fourth-order valence-electron chi connectivity index (χ4n) is 2.31. The van der Waals surface area contributed by atoms with Gasteiger partial charge in [-0.3, -0.25) is 0 Å². The summed E-state index contributed by atoms with van der Waals surface area (Å²) in [5.74, 6) is 0. The van der Waals surface area contributed by atoms with Gasteiger partial charge in [-0.2, -0.15) is 0 Å². The molecule has 0 aliphatic carbocycles. The zero-order valence-corrected chi connectivity index (χ0v) is 13.8. The van der Waals surface area contributed by atoms with Crippen LogP contribution in [0, 0.1) is 0 Å². The van der Waals surface area contributed by atoms with Gasteiger partial charge in [-0.1, -0.05) is 43.7 Å². The first-order valence-electron chi connectivity index (χ1n) is 6.76. The highest BCUT2D eigenvalue weighted by Crippen LogP contribution is 2.31. The van der Waals surface area contributed by atoms with Gasteiger partial charge in [0.15, 0.2) is 0 Å². The minimum Gasteiger partial charge on any atom is -0.303 e. The molecule has 0 saturated carbocycles. The molecule has 0 aliphatic heterocycles. The van der Waals surface area contributed by atoms with Crippen molar-refractivity contribution in [3.8, 4) is 0 Å². The van der Waals surface area contributed by atoms with E-state index in [9.17, 15) is 0 Å². The predicted octanol–water partition coefficient (Wildman–Crippen LogP) is 5.70. The van der Waals surface area contributed by atoms with Gasteiger partial charge in [-0.05, 0) is 46.3 Å². The molecule has 2 rings (SSSR count). The van der Waals surface area contributed by atoms with Crippen LogP contribution in [0.5, 0.6) is 0 Å². The van der Waals surface area contributed by atoms with E-state index in [0.29, 0.717) is 12.1 Å². The van der Waals surface area contributed by atoms with E-state index >= 15 is 0 Å². The monoisotopic (exact) mass is 337 g/mol. The largest absolute Gasteiger partial charge is 0.303 e. The van der Waals surface area contributed by atoms with E-state index < -0.39 is 0 Å². The number of hydrogen-bond donors (Lipinski definition) is 1. The third kappa shape index (κ3) is 3.91. The Morgan fingerprint density at radius 1 is 1.21 bits per heavy atom. The summed E-state index contributed by atoms with van der Waals surface area (Å²) >= 11 is 5.43. The van der Waals surface area contributed by atoms with E-state index in [0.717, 1.165) is 6.42 Å². The summed E-state index contributed by atoms with van der Waals surface area (Å²) in [5.41, 5.74) is 1.38. The molecule has 0 spiro atoms. The predicted molar refractivity (Wildman–Crippen MR) is 87.7 cm³/mol. The maximum atomic E-state index is 3.76. The van der Waals surface area contributed by atoms with Crippen LogP contribution in [0.1, 0.15) is 49.2 Å². The molecule has 102 valence electrons. The van der Waals surface area contributed by atoms with Gasteiger partial charge >= 0.3 is 0 Å². The number of hydrogen-bond acceptors (Lipinski definition) is 2. The molecule has 0 saturated heterocycles. The Balaban J connectivity index is 2.11. The first-order chi connectivity index (χ1) is 9.22. The molecule has 0 bridgehead atoms. The second-order valence-electron chi connectivity index (χ2n) is 4.77. The van der Waals surface area contributed by atoms with Crippen LogP contribution >= 0.6 is 27.3 Å². The Bertz CT molecular complexity index is 494. The zero-order chi connectivity index (χ0) is 13.7. The lowest BCUT2D eigenvalue weighted by atomic mass is 10.0. The van der Waals surface area contributed by atoms with Gasteiger partial charge in [0, 0.05) is 21.4 Å². The van der Waals surface area contributed by atoms with Crippen LogP contribution in [0.3, 0.4) is 0 Å². The highest BCUT2D eigenvalue weighted by molar-refractivity contribution is 9.10. The maximum Gasteiger partial charge on any atom is 0.0402 e. The summed E-state index contributed by atoms with van der Waals surface area (Å²) in [6.45, 7) is 4.48. The van der Waals surface area contributed by atoms with Crippen LogP contribution in [-0.2, 0) is 0 Å². The Labute approximate surface area is 128 Å². The molecule has 1 aromatic carbocycles. The highest BCUT2D eigenvalue weighted by Gasteiger charge is 2.16. The Kier molecular flexibility index (Phi) is 5.61. The zero-order valence-electron chi connectivity index (χ0n) is 11.4. The molecule has 2 aromatic rings. The molecule has 1 heterocycles. The molecule has 0 aliphatic rings. The van der Waals surface area contributed by atoms with Crippen LogP contribution in [0.15, 0.2) is 46.3 Å². The van der Waals surface area contributed by atoms with Gasteiger partial charge in [0.25, 0.3) is 0 Å².